The summed E-state index contributed by atoms with van der Waals surface area (Å²) in [5.74, 6) is -0.203. The molecular formula is C17H19N3O3S3. The number of aromatic nitrogens is 1. The molecule has 0 spiro atoms. The number of thiazole rings is 1. The zero-order chi connectivity index (χ0) is 18.9. The van der Waals surface area contributed by atoms with Gasteiger partial charge in [-0.15, -0.1) is 11.3 Å². The van der Waals surface area contributed by atoms with Crippen LogP contribution < -0.4 is 10.0 Å². The van der Waals surface area contributed by atoms with Gasteiger partial charge in [0.2, 0.25) is 10.0 Å². The number of rotatable bonds is 6. The second kappa shape index (κ2) is 7.43. The maximum absolute atomic E-state index is 12.4. The van der Waals surface area contributed by atoms with Crippen LogP contribution in [0.5, 0.6) is 0 Å². The van der Waals surface area contributed by atoms with E-state index < -0.39 is 10.0 Å². The summed E-state index contributed by atoms with van der Waals surface area (Å²) >= 11 is 2.81. The summed E-state index contributed by atoms with van der Waals surface area (Å²) in [6.07, 6.45) is 1.67. The van der Waals surface area contributed by atoms with Gasteiger partial charge in [0, 0.05) is 11.4 Å². The normalized spacial score (nSPS) is 11.8. The molecule has 0 aliphatic heterocycles. The number of aryl methyl sites for hydroxylation is 2. The number of nitrogens with zero attached hydrogens (tertiary/aromatic N) is 1. The van der Waals surface area contributed by atoms with E-state index in [1.54, 1.807) is 6.07 Å². The molecule has 0 fully saturated rings. The first-order chi connectivity index (χ1) is 12.2. The molecule has 0 aliphatic carbocycles. The lowest BCUT2D eigenvalue weighted by Gasteiger charge is -2.00. The molecule has 2 N–H and O–H groups in total. The van der Waals surface area contributed by atoms with Gasteiger partial charge in [-0.3, -0.25) is 10.1 Å². The van der Waals surface area contributed by atoms with Gasteiger partial charge >= 0.3 is 0 Å². The molecule has 3 rings (SSSR count). The highest BCUT2D eigenvalue weighted by Gasteiger charge is 2.13. The molecule has 0 atom stereocenters. The number of anilines is 1. The van der Waals surface area contributed by atoms with Gasteiger partial charge < -0.3 is 0 Å². The second-order valence-electron chi connectivity index (χ2n) is 6.08. The molecule has 0 aliphatic rings. The Morgan fingerprint density at radius 1 is 1.19 bits per heavy atom. The molecule has 9 heteroatoms. The first kappa shape index (κ1) is 19.0. The Bertz CT molecular complexity index is 1070. The third-order valence-corrected chi connectivity index (χ3v) is 6.46. The van der Waals surface area contributed by atoms with Crippen molar-refractivity contribution in [3.05, 3.63) is 45.1 Å². The number of fused-ring (bicyclic) bond motifs is 1. The molecule has 0 bridgehead atoms. The first-order valence-corrected chi connectivity index (χ1v) is 11.5. The third-order valence-electron chi connectivity index (χ3n) is 3.67. The van der Waals surface area contributed by atoms with Crippen molar-refractivity contribution in [2.24, 2.45) is 0 Å². The summed E-state index contributed by atoms with van der Waals surface area (Å²) in [5.41, 5.74) is 3.17. The number of hydrogen-bond donors (Lipinski definition) is 2. The topological polar surface area (TPSA) is 88.2 Å². The maximum Gasteiger partial charge on any atom is 0.267 e. The molecule has 3 aromatic rings. The molecule has 0 radical (unpaired) electrons. The van der Waals surface area contributed by atoms with Crippen molar-refractivity contribution < 1.29 is 13.2 Å². The van der Waals surface area contributed by atoms with Crippen LogP contribution in [0.25, 0.3) is 10.2 Å². The van der Waals surface area contributed by atoms with E-state index in [0.717, 1.165) is 26.9 Å². The minimum Gasteiger partial charge on any atom is -0.297 e. The van der Waals surface area contributed by atoms with E-state index in [1.807, 2.05) is 19.9 Å². The standard InChI is InChI=1S/C17H19N3O3S3/c1-10-8-11(2)15-14(9-10)25-17(19-15)20-16(21)13-5-4-12(24-13)6-7-18-26(3,22)23/h4-5,8-9,18H,6-7H2,1-3H3,(H,19,20,21). The van der Waals surface area contributed by atoms with Crippen molar-refractivity contribution in [3.8, 4) is 0 Å². The number of sulfonamides is 1. The van der Waals surface area contributed by atoms with E-state index in [0.29, 0.717) is 23.0 Å². The van der Waals surface area contributed by atoms with Crippen molar-refractivity contribution in [1.29, 1.82) is 0 Å². The van der Waals surface area contributed by atoms with E-state index in [2.05, 4.69) is 27.2 Å². The van der Waals surface area contributed by atoms with Gasteiger partial charge in [0.1, 0.15) is 0 Å². The first-order valence-electron chi connectivity index (χ1n) is 7.94. The Balaban J connectivity index is 1.68. The van der Waals surface area contributed by atoms with Crippen LogP contribution >= 0.6 is 22.7 Å². The molecule has 1 amide bonds. The van der Waals surface area contributed by atoms with Crippen LogP contribution in [0.3, 0.4) is 0 Å². The van der Waals surface area contributed by atoms with E-state index in [1.165, 1.54) is 28.2 Å². The molecule has 2 heterocycles. The number of carbonyl (C=O) groups is 1. The summed E-state index contributed by atoms with van der Waals surface area (Å²) < 4.78 is 25.7. The van der Waals surface area contributed by atoms with Gasteiger partial charge in [0.05, 0.1) is 21.3 Å². The average Bonchev–Trinajstić information content (AvgIpc) is 3.12. The Morgan fingerprint density at radius 2 is 1.96 bits per heavy atom. The minimum atomic E-state index is -3.20. The summed E-state index contributed by atoms with van der Waals surface area (Å²) in [7, 11) is -3.20. The third kappa shape index (κ3) is 4.67. The van der Waals surface area contributed by atoms with Crippen LogP contribution in [-0.2, 0) is 16.4 Å². The van der Waals surface area contributed by atoms with Crippen molar-refractivity contribution >= 4 is 54.0 Å². The number of amides is 1. The minimum absolute atomic E-state index is 0.203. The molecule has 6 nitrogen and oxygen atoms in total. The number of hydrogen-bond acceptors (Lipinski definition) is 6. The SMILES string of the molecule is Cc1cc(C)c2nc(NC(=O)c3ccc(CCNS(C)(=O)=O)s3)sc2c1. The predicted molar refractivity (Wildman–Crippen MR) is 108 cm³/mol. The van der Waals surface area contributed by atoms with Crippen LogP contribution in [0.2, 0.25) is 0 Å². The van der Waals surface area contributed by atoms with E-state index in [9.17, 15) is 13.2 Å². The molecule has 138 valence electrons. The maximum atomic E-state index is 12.4. The van der Waals surface area contributed by atoms with Gasteiger partial charge in [-0.1, -0.05) is 17.4 Å². The fraction of sp³-hybridized carbons (Fsp3) is 0.294. The molecule has 0 unspecified atom stereocenters. The number of nitrogens with one attached hydrogen (secondary N) is 2. The lowest BCUT2D eigenvalue weighted by Crippen LogP contribution is -2.24. The van der Waals surface area contributed by atoms with Gasteiger partial charge in [-0.2, -0.15) is 0 Å². The van der Waals surface area contributed by atoms with Crippen LogP contribution in [0, 0.1) is 13.8 Å². The molecule has 2 aromatic heterocycles. The van der Waals surface area contributed by atoms with Gasteiger partial charge in [0.15, 0.2) is 5.13 Å². The summed E-state index contributed by atoms with van der Waals surface area (Å²) in [4.78, 5) is 18.5. The van der Waals surface area contributed by atoms with Gasteiger partial charge in [-0.25, -0.2) is 18.1 Å². The van der Waals surface area contributed by atoms with Gasteiger partial charge in [-0.05, 0) is 49.6 Å². The Morgan fingerprint density at radius 3 is 2.69 bits per heavy atom. The summed E-state index contributed by atoms with van der Waals surface area (Å²) in [6, 6.07) is 7.73. The molecule has 0 saturated carbocycles. The molecular weight excluding hydrogens is 390 g/mol. The zero-order valence-electron chi connectivity index (χ0n) is 14.6. The van der Waals surface area contributed by atoms with E-state index >= 15 is 0 Å². The van der Waals surface area contributed by atoms with Crippen LogP contribution in [0.1, 0.15) is 25.7 Å². The predicted octanol–water partition coefficient (Wildman–Crippen LogP) is 3.32. The highest BCUT2D eigenvalue weighted by Crippen LogP contribution is 2.30. The van der Waals surface area contributed by atoms with E-state index in [-0.39, 0.29) is 5.91 Å². The largest absolute Gasteiger partial charge is 0.297 e. The van der Waals surface area contributed by atoms with Crippen molar-refractivity contribution in [3.63, 3.8) is 0 Å². The molecule has 26 heavy (non-hydrogen) atoms. The number of benzene rings is 1. The quantitative estimate of drug-likeness (QED) is 0.654. The van der Waals surface area contributed by atoms with E-state index in [4.69, 9.17) is 0 Å². The average molecular weight is 410 g/mol. The Hall–Kier alpha value is -1.81. The monoisotopic (exact) mass is 409 g/mol. The van der Waals surface area contributed by atoms with Gasteiger partial charge in [0.25, 0.3) is 5.91 Å². The van der Waals surface area contributed by atoms with Crippen LogP contribution in [0.4, 0.5) is 5.13 Å². The smallest absolute Gasteiger partial charge is 0.267 e. The summed E-state index contributed by atoms with van der Waals surface area (Å²) in [5, 5.41) is 3.43. The fourth-order valence-corrected chi connectivity index (χ4v) is 4.99. The fourth-order valence-electron chi connectivity index (χ4n) is 2.58. The van der Waals surface area contributed by atoms with Crippen molar-refractivity contribution in [2.75, 3.05) is 18.1 Å². The number of thiophene rings is 1. The lowest BCUT2D eigenvalue weighted by atomic mass is 10.1. The lowest BCUT2D eigenvalue weighted by molar-refractivity contribution is 0.103. The van der Waals surface area contributed by atoms with Crippen molar-refractivity contribution in [1.82, 2.24) is 9.71 Å². The highest BCUT2D eigenvalue weighted by atomic mass is 32.2. The Labute approximate surface area is 160 Å². The summed E-state index contributed by atoms with van der Waals surface area (Å²) in [6.45, 7) is 4.36. The highest BCUT2D eigenvalue weighted by molar-refractivity contribution is 7.88. The second-order valence-corrected chi connectivity index (χ2v) is 10.1. The molecule has 1 aromatic carbocycles. The zero-order valence-corrected chi connectivity index (χ0v) is 17.1. The van der Waals surface area contributed by atoms with Crippen LogP contribution in [-0.4, -0.2) is 32.1 Å². The Kier molecular flexibility index (Phi) is 5.42. The number of carbonyl (C=O) groups excluding carboxylic acids is 1. The van der Waals surface area contributed by atoms with Crippen LogP contribution in [0.15, 0.2) is 24.3 Å². The molecule has 0 saturated heterocycles. The van der Waals surface area contributed by atoms with Crippen molar-refractivity contribution in [2.45, 2.75) is 20.3 Å².